The molecule has 1 aromatic heterocycles. The van der Waals surface area contributed by atoms with E-state index in [-0.39, 0.29) is 0 Å². The molecule has 0 aliphatic carbocycles. The highest BCUT2D eigenvalue weighted by molar-refractivity contribution is 8.23. The summed E-state index contributed by atoms with van der Waals surface area (Å²) in [5, 5.41) is 0.587. The van der Waals surface area contributed by atoms with Gasteiger partial charge in [0.15, 0.2) is 0 Å². The van der Waals surface area contributed by atoms with Crippen molar-refractivity contribution in [1.82, 2.24) is 9.55 Å². The monoisotopic (exact) mass is 585 g/mol. The predicted octanol–water partition coefficient (Wildman–Crippen LogP) is -7.05. The average molecular weight is 581 g/mol. The minimum atomic E-state index is -3.22. The van der Waals surface area contributed by atoms with E-state index in [0.29, 0.717) is 5.30 Å². The van der Waals surface area contributed by atoms with Crippen LogP contribution in [-0.2, 0) is 33.6 Å². The van der Waals surface area contributed by atoms with Crippen LogP contribution in [0, 0.1) is 0 Å². The van der Waals surface area contributed by atoms with E-state index in [1.54, 1.807) is 6.33 Å². The molecule has 31 heteroatoms. The molecule has 0 unspecified atom stereocenters. The molecule has 2 aromatic rings. The van der Waals surface area contributed by atoms with Crippen LogP contribution in [0.25, 0.3) is 0 Å². The van der Waals surface area contributed by atoms with Crippen LogP contribution < -0.4 is 10.2 Å². The van der Waals surface area contributed by atoms with E-state index in [4.69, 9.17) is 110 Å². The van der Waals surface area contributed by atoms with Gasteiger partial charge in [-0.25, -0.2) is 4.98 Å². The number of aryl methyl sites for hydroxylation is 1. The summed E-state index contributed by atoms with van der Waals surface area (Å²) in [4.78, 5) is 6.62. The quantitative estimate of drug-likeness (QED) is 0.155. The van der Waals surface area contributed by atoms with E-state index in [9.17, 15) is 4.57 Å². The molecular weight excluding hydrogens is 561 g/mol. The maximum Gasteiger partial charge on any atom is 0.360 e. The average Bonchev–Trinajstić information content (AvgIpc) is 3.57. The molecule has 2 heterocycles. The summed E-state index contributed by atoms with van der Waals surface area (Å²) < 4.78 is 24.7. The highest BCUT2D eigenvalue weighted by atomic mass is 31.2. The predicted molar refractivity (Wildman–Crippen MR) is 224 cm³/mol. The smallest absolute Gasteiger partial charge is 0.360 e. The molecule has 6 nitrogen and oxygen atoms in total. The van der Waals surface area contributed by atoms with Crippen molar-refractivity contribution in [2.45, 2.75) is 13.0 Å². The fraction of sp³-hybridized carbons (Fsp3) is 0.400. The van der Waals surface area contributed by atoms with Gasteiger partial charge >= 0.3 is 7.60 Å². The molecule has 1 aliphatic heterocycles. The van der Waals surface area contributed by atoms with Crippen LogP contribution in [0.2, 0.25) is 0 Å². The molecule has 3 rings (SSSR count). The highest BCUT2D eigenvalue weighted by Gasteiger charge is 2.48. The summed E-state index contributed by atoms with van der Waals surface area (Å²) in [6.45, 7) is 1.67. The Morgan fingerprint density at radius 2 is 1.26 bits per heavy atom. The van der Waals surface area contributed by atoms with E-state index in [2.05, 4.69) is 9.88 Å². The lowest BCUT2D eigenvalue weighted by atomic mass is 8.35. The van der Waals surface area contributed by atoms with Crippen molar-refractivity contribution in [2.75, 3.05) is 25.7 Å². The molecular formula is C15H20B24N3O3P. The van der Waals surface area contributed by atoms with Crippen molar-refractivity contribution < 1.29 is 13.6 Å². The van der Waals surface area contributed by atoms with Crippen LogP contribution in [0.4, 0.5) is 5.69 Å². The number of hydrogen-bond acceptors (Lipinski definition) is 5. The van der Waals surface area contributed by atoms with Crippen molar-refractivity contribution in [3.63, 3.8) is 0 Å². The fourth-order valence-corrected chi connectivity index (χ4v) is 7.24. The van der Waals surface area contributed by atoms with Crippen LogP contribution >= 0.6 is 7.60 Å². The Labute approximate surface area is 298 Å². The number of benzene rings is 1. The van der Waals surface area contributed by atoms with Crippen molar-refractivity contribution in [3.05, 3.63) is 42.0 Å². The lowest BCUT2D eigenvalue weighted by Crippen LogP contribution is -2.84. The summed E-state index contributed by atoms with van der Waals surface area (Å²) in [7, 11) is 77.8. The molecule has 0 atom stereocenters. The van der Waals surface area contributed by atoms with E-state index in [1.165, 1.54) is 19.8 Å². The van der Waals surface area contributed by atoms with Gasteiger partial charge < -0.3 is 18.5 Å². The van der Waals surface area contributed by atoms with E-state index in [0.717, 1.165) is 30.9 Å². The highest BCUT2D eigenvalue weighted by Crippen LogP contribution is 2.46. The SMILES string of the molecule is COP(=O)(OC)c1ccc2c(c1)N(Cc1cn(C)cn1)CC2.[B]B([B])B([B])B(B([B])[B])B(B(B([B])[B])B([B])[B])B(B([B])[B])B([B])[B]. The molecule has 26 radical (unpaired) electrons. The standard InChI is InChI=1S/C15H20N3O3P.B24/c1-17-9-13(16-11-17)10-18-7-6-12-4-5-14(8-15(12)18)22(19,20-2)21-3;1-14(2)20(13)23(19(11)12)24(21(15(3)4)16(5)6)22(17(7)8)18(9)10/h4-5,8-9,11H,6-7,10H2,1-3H3;. The summed E-state index contributed by atoms with van der Waals surface area (Å²) in [6, 6.07) is 5.75. The second kappa shape index (κ2) is 18.8. The molecule has 46 heavy (non-hydrogen) atoms. The first-order valence-corrected chi connectivity index (χ1v) is 16.3. The lowest BCUT2D eigenvalue weighted by Gasteiger charge is -2.46. The minimum Gasteiger partial charge on any atom is -0.365 e. The van der Waals surface area contributed by atoms with Gasteiger partial charge in [0.25, 0.3) is 0 Å². The van der Waals surface area contributed by atoms with E-state index >= 15 is 0 Å². The van der Waals surface area contributed by atoms with Crippen molar-refractivity contribution in [2.24, 2.45) is 7.05 Å². The Bertz CT molecular complexity index is 1230. The molecule has 0 saturated carbocycles. The summed E-state index contributed by atoms with van der Waals surface area (Å²) in [5.41, 5.74) is 3.35. The van der Waals surface area contributed by atoms with Gasteiger partial charge in [-0.2, -0.15) is 0 Å². The Balaban J connectivity index is 0.000000320. The van der Waals surface area contributed by atoms with Crippen LogP contribution in [0.15, 0.2) is 30.7 Å². The normalized spacial score (nSPS) is 11.8. The molecule has 1 aromatic carbocycles. The van der Waals surface area contributed by atoms with Gasteiger partial charge in [-0.3, -0.25) is 4.57 Å². The number of aromatic nitrogens is 2. The summed E-state index contributed by atoms with van der Waals surface area (Å²) in [5.74, 6) is 0. The first-order chi connectivity index (χ1) is 21.4. The zero-order valence-corrected chi connectivity index (χ0v) is 27.8. The number of anilines is 1. The van der Waals surface area contributed by atoms with Crippen LogP contribution in [-0.4, -0.2) is 201 Å². The van der Waals surface area contributed by atoms with Gasteiger partial charge in [-0.15, -0.1) is 0 Å². The van der Waals surface area contributed by atoms with Crippen LogP contribution in [0.1, 0.15) is 11.3 Å². The third kappa shape index (κ3) is 10.7. The van der Waals surface area contributed by atoms with Gasteiger partial charge in [0.05, 0.1) is 23.9 Å². The van der Waals surface area contributed by atoms with Gasteiger partial charge in [0.1, 0.15) is 0 Å². The van der Waals surface area contributed by atoms with Gasteiger partial charge in [-0.1, -0.05) is 6.07 Å². The van der Waals surface area contributed by atoms with Crippen molar-refractivity contribution in [3.8, 4) is 0 Å². The molecule has 0 N–H and O–H groups in total. The number of nitrogens with zero attached hydrogens (tertiary/aromatic N) is 3. The van der Waals surface area contributed by atoms with Crippen molar-refractivity contribution >= 4 is 189 Å². The second-order valence-electron chi connectivity index (χ2n) is 11.7. The maximum atomic E-state index is 12.5. The first-order valence-electron chi connectivity index (χ1n) is 14.8. The lowest BCUT2D eigenvalue weighted by molar-refractivity contribution is 0.287. The van der Waals surface area contributed by atoms with Crippen LogP contribution in [0.3, 0.4) is 0 Å². The van der Waals surface area contributed by atoms with Gasteiger partial charge in [0.2, 0.25) is 0 Å². The number of imidazole rings is 1. The molecule has 0 saturated heterocycles. The molecule has 0 bridgehead atoms. The zero-order valence-electron chi connectivity index (χ0n) is 26.9. The van der Waals surface area contributed by atoms with Gasteiger partial charge in [-0.05, 0) is 24.1 Å². The van der Waals surface area contributed by atoms with Crippen molar-refractivity contribution in [1.29, 1.82) is 0 Å². The van der Waals surface area contributed by atoms with E-state index < -0.39 is 77.8 Å². The summed E-state index contributed by atoms with van der Waals surface area (Å²) >= 11 is 0. The Morgan fingerprint density at radius 3 is 1.65 bits per heavy atom. The Kier molecular flexibility index (Phi) is 17.2. The third-order valence-corrected chi connectivity index (χ3v) is 10.3. The first kappa shape index (κ1) is 42.1. The second-order valence-corrected chi connectivity index (χ2v) is 14.0. The molecule has 0 spiro atoms. The third-order valence-electron chi connectivity index (χ3n) is 8.41. The minimum absolute atomic E-state index is 0.587. The number of rotatable bonds is 15. The Morgan fingerprint density at radius 1 is 0.761 bits per heavy atom. The van der Waals surface area contributed by atoms with E-state index in [1.807, 2.05) is 36.0 Å². The van der Waals surface area contributed by atoms with Gasteiger partial charge in [0, 0.05) is 211 Å². The maximum absolute atomic E-state index is 12.5. The molecule has 1 aliphatic rings. The number of hydrogen-bond donors (Lipinski definition) is 0. The largest absolute Gasteiger partial charge is 0.365 e. The molecule has 0 amide bonds. The molecule has 0 fully saturated rings. The number of fused-ring (bicyclic) bond motifs is 1. The molecule has 190 valence electrons. The fourth-order valence-electron chi connectivity index (χ4n) is 6.13. The Hall–Kier alpha value is -0.0616. The topological polar surface area (TPSA) is 56.6 Å². The zero-order chi connectivity index (χ0) is 35.1. The van der Waals surface area contributed by atoms with Crippen LogP contribution in [0.5, 0.6) is 0 Å². The summed E-state index contributed by atoms with van der Waals surface area (Å²) in [6.07, 6.45) is -4.77.